The van der Waals surface area contributed by atoms with E-state index in [2.05, 4.69) is 86.8 Å². The lowest BCUT2D eigenvalue weighted by atomic mass is 10.1. The van der Waals surface area contributed by atoms with Crippen molar-refractivity contribution in [2.45, 2.75) is 180 Å². The van der Waals surface area contributed by atoms with E-state index < -0.39 is 18.1 Å². The second-order valence-corrected chi connectivity index (χ2v) is 16.7. The van der Waals surface area contributed by atoms with Crippen molar-refractivity contribution in [3.8, 4) is 0 Å². The molecule has 0 aliphatic heterocycles. The summed E-state index contributed by atoms with van der Waals surface area (Å²) in [6.45, 7) is 4.44. The Labute approximate surface area is 373 Å². The molecule has 0 aromatic carbocycles. The third kappa shape index (κ3) is 41.4. The number of carbonyl (C=O) groups excluding carboxylic acids is 2. The summed E-state index contributed by atoms with van der Waals surface area (Å²) in [5, 5.41) is 9.64. The molecule has 0 aliphatic carbocycles. The minimum atomic E-state index is -0.884. The minimum absolute atomic E-state index is 0.0448. The van der Waals surface area contributed by atoms with Crippen LogP contribution in [-0.2, 0) is 28.6 Å². The summed E-state index contributed by atoms with van der Waals surface area (Å²) in [5.41, 5.74) is 0. The average molecular weight is 851 g/mol. The molecule has 8 nitrogen and oxygen atoms in total. The molecule has 346 valence electrons. The highest BCUT2D eigenvalue weighted by molar-refractivity contribution is 5.72. The number of quaternary nitrogens is 1. The summed E-state index contributed by atoms with van der Waals surface area (Å²) in [5.74, 6) is -1.52. The molecule has 0 aromatic heterocycles. The van der Waals surface area contributed by atoms with E-state index in [9.17, 15) is 19.5 Å². The summed E-state index contributed by atoms with van der Waals surface area (Å²) in [4.78, 5) is 37.1. The molecule has 0 rings (SSSR count). The monoisotopic (exact) mass is 851 g/mol. The molecule has 0 amide bonds. The summed E-state index contributed by atoms with van der Waals surface area (Å²) < 4.78 is 17.3. The first-order valence-electron chi connectivity index (χ1n) is 23.8. The molecule has 8 heteroatoms. The first-order chi connectivity index (χ1) is 29.6. The standard InChI is InChI=1S/C53H87NO7/c1-6-8-10-12-14-16-18-20-22-23-24-25-26-27-28-30-32-34-36-38-40-42-44-52(56)61-49(47-59-46-45-50(53(57)58)54(3,4)5)48-60-51(55)43-41-39-37-35-33-31-29-21-19-17-15-13-11-9-7-2/h8-11,13-17,19-22,24-25,29,49-50H,6-7,12,18,23,26-28,30-48H2,1-5H3/p+1/b10-8+,11-9+,15-13+,16-14+,19-17+,22-20+,25-24+,29-21+. The molecule has 0 radical (unpaired) electrons. The van der Waals surface area contributed by atoms with E-state index >= 15 is 0 Å². The van der Waals surface area contributed by atoms with Gasteiger partial charge in [0.25, 0.3) is 0 Å². The number of ether oxygens (including phenoxy) is 3. The van der Waals surface area contributed by atoms with E-state index in [1.165, 1.54) is 38.5 Å². The quantitative estimate of drug-likeness (QED) is 0.0215. The lowest BCUT2D eigenvalue weighted by molar-refractivity contribution is -0.887. The van der Waals surface area contributed by atoms with Gasteiger partial charge in [-0.3, -0.25) is 9.59 Å². The van der Waals surface area contributed by atoms with Gasteiger partial charge in [-0.25, -0.2) is 4.79 Å². The topological polar surface area (TPSA) is 99.1 Å². The molecular formula is C53H88NO7+. The molecule has 0 heterocycles. The second kappa shape index (κ2) is 42.9. The number of hydrogen-bond acceptors (Lipinski definition) is 6. The molecule has 61 heavy (non-hydrogen) atoms. The Balaban J connectivity index is 4.33. The Morgan fingerprint density at radius 1 is 0.508 bits per heavy atom. The van der Waals surface area contributed by atoms with Gasteiger partial charge in [0.15, 0.2) is 12.1 Å². The third-order valence-electron chi connectivity index (χ3n) is 10.1. The SMILES string of the molecule is CC/C=C/C=C/C=C/C=C/CCCCCCCC(=O)OCC(COCCC(C(=O)O)[N+](C)(C)C)OC(=O)CCCCCCCCCCC/C=C/C/C=C/C/C=C/C/C=C/CC. The van der Waals surface area contributed by atoms with Gasteiger partial charge in [0.1, 0.15) is 6.61 Å². The number of esters is 2. The number of unbranched alkanes of at least 4 members (excludes halogenated alkanes) is 14. The molecule has 1 N–H and O–H groups in total. The van der Waals surface area contributed by atoms with Crippen molar-refractivity contribution in [2.24, 2.45) is 0 Å². The van der Waals surface area contributed by atoms with Gasteiger partial charge in [-0.05, 0) is 70.6 Å². The summed E-state index contributed by atoms with van der Waals surface area (Å²) >= 11 is 0. The van der Waals surface area contributed by atoms with Gasteiger partial charge in [0.2, 0.25) is 0 Å². The van der Waals surface area contributed by atoms with E-state index in [0.717, 1.165) is 96.3 Å². The second-order valence-electron chi connectivity index (χ2n) is 16.7. The van der Waals surface area contributed by atoms with Crippen LogP contribution in [0.4, 0.5) is 0 Å². The normalized spacial score (nSPS) is 13.8. The van der Waals surface area contributed by atoms with Gasteiger partial charge in [-0.2, -0.15) is 0 Å². The number of nitrogens with zero attached hydrogens (tertiary/aromatic N) is 1. The van der Waals surface area contributed by atoms with Crippen molar-refractivity contribution in [1.82, 2.24) is 0 Å². The van der Waals surface area contributed by atoms with Gasteiger partial charge in [0.05, 0.1) is 34.4 Å². The van der Waals surface area contributed by atoms with Gasteiger partial charge in [0, 0.05) is 19.3 Å². The van der Waals surface area contributed by atoms with Crippen molar-refractivity contribution in [2.75, 3.05) is 41.0 Å². The van der Waals surface area contributed by atoms with Gasteiger partial charge in [-0.1, -0.05) is 175 Å². The smallest absolute Gasteiger partial charge is 0.362 e. The molecule has 0 spiro atoms. The fourth-order valence-electron chi connectivity index (χ4n) is 6.45. The van der Waals surface area contributed by atoms with E-state index in [4.69, 9.17) is 14.2 Å². The van der Waals surface area contributed by atoms with Crippen molar-refractivity contribution in [3.05, 3.63) is 97.2 Å². The fraction of sp³-hybridized carbons (Fsp3) is 0.642. The predicted octanol–water partition coefficient (Wildman–Crippen LogP) is 13.5. The highest BCUT2D eigenvalue weighted by atomic mass is 16.6. The lowest BCUT2D eigenvalue weighted by Gasteiger charge is -2.31. The molecule has 0 aromatic rings. The van der Waals surface area contributed by atoms with Crippen LogP contribution < -0.4 is 0 Å². The largest absolute Gasteiger partial charge is 0.477 e. The van der Waals surface area contributed by atoms with Crippen LogP contribution in [0.2, 0.25) is 0 Å². The number of hydrogen-bond donors (Lipinski definition) is 1. The van der Waals surface area contributed by atoms with Crippen LogP contribution in [0.15, 0.2) is 97.2 Å². The predicted molar refractivity (Wildman–Crippen MR) is 256 cm³/mol. The van der Waals surface area contributed by atoms with Crippen LogP contribution in [-0.4, -0.2) is 80.6 Å². The number of rotatable bonds is 41. The van der Waals surface area contributed by atoms with Crippen LogP contribution >= 0.6 is 0 Å². The van der Waals surface area contributed by atoms with Crippen LogP contribution in [0.5, 0.6) is 0 Å². The fourth-order valence-corrected chi connectivity index (χ4v) is 6.45. The number of carboxylic acid groups (broad SMARTS) is 1. The molecule has 2 unspecified atom stereocenters. The molecule has 2 atom stereocenters. The number of likely N-dealkylation sites (N-methyl/N-ethyl adjacent to an activating group) is 1. The van der Waals surface area contributed by atoms with E-state index in [1.54, 1.807) is 0 Å². The molecule has 0 saturated carbocycles. The maximum Gasteiger partial charge on any atom is 0.362 e. The summed E-state index contributed by atoms with van der Waals surface area (Å²) in [7, 11) is 5.51. The zero-order valence-electron chi connectivity index (χ0n) is 39.3. The first-order valence-corrected chi connectivity index (χ1v) is 23.8. The molecule has 0 bridgehead atoms. The van der Waals surface area contributed by atoms with Gasteiger partial charge < -0.3 is 23.8 Å². The summed E-state index contributed by atoms with van der Waals surface area (Å²) in [6.07, 6.45) is 57.4. The maximum atomic E-state index is 12.8. The van der Waals surface area contributed by atoms with Crippen LogP contribution in [0, 0.1) is 0 Å². The van der Waals surface area contributed by atoms with Crippen molar-refractivity contribution in [1.29, 1.82) is 0 Å². The van der Waals surface area contributed by atoms with Crippen molar-refractivity contribution < 1.29 is 38.2 Å². The molecule has 0 saturated heterocycles. The Morgan fingerprint density at radius 3 is 1.48 bits per heavy atom. The van der Waals surface area contributed by atoms with Crippen LogP contribution in [0.3, 0.4) is 0 Å². The number of aliphatic carboxylic acids is 1. The van der Waals surface area contributed by atoms with Crippen molar-refractivity contribution in [3.63, 3.8) is 0 Å². The number of carbonyl (C=O) groups is 3. The molecule has 0 aliphatic rings. The van der Waals surface area contributed by atoms with E-state index in [0.29, 0.717) is 19.3 Å². The van der Waals surface area contributed by atoms with Crippen LogP contribution in [0.25, 0.3) is 0 Å². The van der Waals surface area contributed by atoms with E-state index in [1.807, 2.05) is 45.4 Å². The van der Waals surface area contributed by atoms with Crippen LogP contribution in [0.1, 0.15) is 168 Å². The Kier molecular flexibility index (Phi) is 40.3. The average Bonchev–Trinajstić information content (AvgIpc) is 3.22. The number of carboxylic acids is 1. The lowest BCUT2D eigenvalue weighted by Crippen LogP contribution is -2.50. The first kappa shape index (κ1) is 57.2. The molecule has 0 fully saturated rings. The zero-order chi connectivity index (χ0) is 44.9. The van der Waals surface area contributed by atoms with Crippen molar-refractivity contribution >= 4 is 17.9 Å². The zero-order valence-corrected chi connectivity index (χ0v) is 39.3. The third-order valence-corrected chi connectivity index (χ3v) is 10.1. The highest BCUT2D eigenvalue weighted by Crippen LogP contribution is 2.14. The van der Waals surface area contributed by atoms with Gasteiger partial charge >= 0.3 is 17.9 Å². The Hall–Kier alpha value is -3.75. The Bertz CT molecular complexity index is 1310. The minimum Gasteiger partial charge on any atom is -0.477 e. The van der Waals surface area contributed by atoms with E-state index in [-0.39, 0.29) is 36.2 Å². The van der Waals surface area contributed by atoms with Gasteiger partial charge in [-0.15, -0.1) is 0 Å². The number of allylic oxidation sites excluding steroid dienone is 16. The Morgan fingerprint density at radius 2 is 0.951 bits per heavy atom. The maximum absolute atomic E-state index is 12.8. The highest BCUT2D eigenvalue weighted by Gasteiger charge is 2.31. The summed E-state index contributed by atoms with van der Waals surface area (Å²) in [6, 6.07) is -0.625. The molecular weight excluding hydrogens is 763 g/mol.